The minimum Gasteiger partial charge on any atom is -0.483 e. The molecule has 0 atom stereocenters. The summed E-state index contributed by atoms with van der Waals surface area (Å²) in [4.78, 5) is 13.2. The summed E-state index contributed by atoms with van der Waals surface area (Å²) >= 11 is 5.96. The second-order valence-electron chi connectivity index (χ2n) is 6.96. The van der Waals surface area contributed by atoms with Crippen LogP contribution in [0.15, 0.2) is 71.6 Å². The quantitative estimate of drug-likeness (QED) is 0.533. The molecular weight excluding hydrogens is 422 g/mol. The second-order valence-corrected chi connectivity index (χ2v) is 9.19. The molecule has 7 heteroatoms. The van der Waals surface area contributed by atoms with Crippen molar-refractivity contribution in [2.24, 2.45) is 0 Å². The van der Waals surface area contributed by atoms with Gasteiger partial charge in [0.2, 0.25) is 0 Å². The molecule has 30 heavy (non-hydrogen) atoms. The van der Waals surface area contributed by atoms with Crippen molar-refractivity contribution in [3.8, 4) is 5.75 Å². The number of sulfonamides is 1. The van der Waals surface area contributed by atoms with Crippen LogP contribution in [0.25, 0.3) is 0 Å². The Labute approximate surface area is 181 Å². The summed E-state index contributed by atoms with van der Waals surface area (Å²) in [6, 6.07) is 18.2. The molecule has 0 fully saturated rings. The van der Waals surface area contributed by atoms with Crippen LogP contribution in [0.1, 0.15) is 16.7 Å². The molecule has 3 rings (SSSR count). The molecule has 0 spiro atoms. The van der Waals surface area contributed by atoms with Gasteiger partial charge in [-0.05, 0) is 73.9 Å². The maximum atomic E-state index is 13.4. The van der Waals surface area contributed by atoms with Gasteiger partial charge in [-0.2, -0.15) is 4.31 Å². The summed E-state index contributed by atoms with van der Waals surface area (Å²) in [6.07, 6.45) is 0. The molecule has 5 nitrogen and oxygen atoms in total. The molecule has 0 N–H and O–H groups in total. The molecule has 0 saturated heterocycles. The van der Waals surface area contributed by atoms with Gasteiger partial charge in [-0.15, -0.1) is 0 Å². The highest BCUT2D eigenvalue weighted by molar-refractivity contribution is 7.93. The molecular formula is C23H22ClNO4S. The number of rotatable bonds is 6. The van der Waals surface area contributed by atoms with Crippen LogP contribution in [0.5, 0.6) is 5.75 Å². The van der Waals surface area contributed by atoms with Gasteiger partial charge in [-0.3, -0.25) is 4.79 Å². The minimum atomic E-state index is -4.13. The Balaban J connectivity index is 2.01. The molecule has 3 aromatic carbocycles. The van der Waals surface area contributed by atoms with Gasteiger partial charge < -0.3 is 4.74 Å². The third-order valence-electron chi connectivity index (χ3n) is 4.58. The predicted molar refractivity (Wildman–Crippen MR) is 119 cm³/mol. The first-order valence-electron chi connectivity index (χ1n) is 9.29. The van der Waals surface area contributed by atoms with Gasteiger partial charge in [0, 0.05) is 5.02 Å². The number of carbonyl (C=O) groups is 1. The van der Waals surface area contributed by atoms with Crippen LogP contribution in [0.3, 0.4) is 0 Å². The highest BCUT2D eigenvalue weighted by atomic mass is 35.5. The van der Waals surface area contributed by atoms with Crippen LogP contribution in [-0.2, 0) is 14.8 Å². The molecule has 0 saturated carbocycles. The molecule has 1 amide bonds. The third-order valence-corrected chi connectivity index (χ3v) is 6.56. The molecule has 0 bridgehead atoms. The molecule has 0 heterocycles. The number of aryl methyl sites for hydroxylation is 3. The monoisotopic (exact) mass is 443 g/mol. The van der Waals surface area contributed by atoms with Crippen molar-refractivity contribution in [2.75, 3.05) is 10.9 Å². The molecule has 0 aliphatic carbocycles. The van der Waals surface area contributed by atoms with Crippen LogP contribution < -0.4 is 9.04 Å². The maximum Gasteiger partial charge on any atom is 0.278 e. The topological polar surface area (TPSA) is 63.7 Å². The standard InChI is InChI=1S/C23H22ClNO4S/c1-16-9-10-17(2)21(13-16)25(30(27,28)20-7-5-4-6-8-20)23(26)15-29-22-12-11-19(24)14-18(22)3/h4-14H,15H2,1-3H3. The Kier molecular flexibility index (Phi) is 6.48. The van der Waals surface area contributed by atoms with E-state index in [0.717, 1.165) is 15.4 Å². The van der Waals surface area contributed by atoms with Crippen molar-refractivity contribution in [3.63, 3.8) is 0 Å². The first-order valence-corrected chi connectivity index (χ1v) is 11.1. The Hall–Kier alpha value is -2.83. The Morgan fingerprint density at radius 2 is 1.63 bits per heavy atom. The van der Waals surface area contributed by atoms with Crippen molar-refractivity contribution in [1.29, 1.82) is 0 Å². The fourth-order valence-electron chi connectivity index (χ4n) is 3.01. The lowest BCUT2D eigenvalue weighted by Crippen LogP contribution is -2.40. The Morgan fingerprint density at radius 3 is 2.30 bits per heavy atom. The van der Waals surface area contributed by atoms with Crippen LogP contribution >= 0.6 is 11.6 Å². The molecule has 0 aromatic heterocycles. The summed E-state index contributed by atoms with van der Waals surface area (Å²) in [6.45, 7) is 4.96. The van der Waals surface area contributed by atoms with Crippen LogP contribution in [-0.4, -0.2) is 20.9 Å². The average Bonchev–Trinajstić information content (AvgIpc) is 2.70. The predicted octanol–water partition coefficient (Wildman–Crippen LogP) is 5.07. The number of benzene rings is 3. The lowest BCUT2D eigenvalue weighted by molar-refractivity contribution is -0.119. The van der Waals surface area contributed by atoms with Crippen LogP contribution in [0.2, 0.25) is 5.02 Å². The van der Waals surface area contributed by atoms with Gasteiger partial charge in [0.1, 0.15) is 5.75 Å². The van der Waals surface area contributed by atoms with Crippen molar-refractivity contribution in [1.82, 2.24) is 0 Å². The Bertz CT molecular complexity index is 1180. The van der Waals surface area contributed by atoms with E-state index in [9.17, 15) is 13.2 Å². The third kappa shape index (κ3) is 4.66. The van der Waals surface area contributed by atoms with E-state index in [4.69, 9.17) is 16.3 Å². The summed E-state index contributed by atoms with van der Waals surface area (Å²) in [5.41, 5.74) is 2.56. The summed E-state index contributed by atoms with van der Waals surface area (Å²) in [5, 5.41) is 0.551. The van der Waals surface area contributed by atoms with Gasteiger partial charge in [0.15, 0.2) is 6.61 Å². The van der Waals surface area contributed by atoms with Crippen molar-refractivity contribution >= 4 is 33.2 Å². The van der Waals surface area contributed by atoms with Gasteiger partial charge in [-0.1, -0.05) is 41.9 Å². The lowest BCUT2D eigenvalue weighted by atomic mass is 10.1. The van der Waals surface area contributed by atoms with Crippen LogP contribution in [0.4, 0.5) is 5.69 Å². The van der Waals surface area contributed by atoms with Gasteiger partial charge in [0.05, 0.1) is 10.6 Å². The van der Waals surface area contributed by atoms with Gasteiger partial charge in [-0.25, -0.2) is 8.42 Å². The molecule has 0 aliphatic rings. The van der Waals surface area contributed by atoms with Gasteiger partial charge in [0.25, 0.3) is 15.9 Å². The summed E-state index contributed by atoms with van der Waals surface area (Å²) in [7, 11) is -4.13. The van der Waals surface area contributed by atoms with E-state index in [-0.39, 0.29) is 4.90 Å². The largest absolute Gasteiger partial charge is 0.483 e. The zero-order valence-electron chi connectivity index (χ0n) is 16.9. The molecule has 156 valence electrons. The summed E-state index contributed by atoms with van der Waals surface area (Å²) in [5.74, 6) is -0.229. The van der Waals surface area contributed by atoms with Crippen molar-refractivity contribution < 1.29 is 17.9 Å². The number of amides is 1. The fourth-order valence-corrected chi connectivity index (χ4v) is 4.72. The Morgan fingerprint density at radius 1 is 0.933 bits per heavy atom. The highest BCUT2D eigenvalue weighted by Gasteiger charge is 2.32. The van der Waals surface area contributed by atoms with E-state index in [1.54, 1.807) is 62.4 Å². The zero-order valence-corrected chi connectivity index (χ0v) is 18.5. The first kappa shape index (κ1) is 21.9. The first-order chi connectivity index (χ1) is 14.2. The molecule has 3 aromatic rings. The van der Waals surface area contributed by atoms with E-state index < -0.39 is 22.5 Å². The number of hydrogen-bond acceptors (Lipinski definition) is 4. The number of nitrogens with zero attached hydrogens (tertiary/aromatic N) is 1. The number of halogens is 1. The molecule has 0 aliphatic heterocycles. The zero-order chi connectivity index (χ0) is 21.9. The normalized spacial score (nSPS) is 11.2. The van der Waals surface area contributed by atoms with E-state index in [1.165, 1.54) is 12.1 Å². The molecule has 0 unspecified atom stereocenters. The average molecular weight is 444 g/mol. The van der Waals surface area contributed by atoms with Gasteiger partial charge >= 0.3 is 0 Å². The van der Waals surface area contributed by atoms with E-state index in [0.29, 0.717) is 22.0 Å². The number of carbonyl (C=O) groups excluding carboxylic acids is 1. The number of ether oxygens (including phenoxy) is 1. The highest BCUT2D eigenvalue weighted by Crippen LogP contribution is 2.29. The lowest BCUT2D eigenvalue weighted by Gasteiger charge is -2.25. The maximum absolute atomic E-state index is 13.4. The van der Waals surface area contributed by atoms with Crippen molar-refractivity contribution in [3.05, 3.63) is 88.4 Å². The van der Waals surface area contributed by atoms with E-state index >= 15 is 0 Å². The fraction of sp³-hybridized carbons (Fsp3) is 0.174. The summed E-state index contributed by atoms with van der Waals surface area (Å²) < 4.78 is 33.3. The minimum absolute atomic E-state index is 0.0296. The second kappa shape index (κ2) is 8.90. The van der Waals surface area contributed by atoms with Crippen LogP contribution in [0, 0.1) is 20.8 Å². The van der Waals surface area contributed by atoms with E-state index in [2.05, 4.69) is 0 Å². The van der Waals surface area contributed by atoms with Crippen molar-refractivity contribution in [2.45, 2.75) is 25.7 Å². The molecule has 0 radical (unpaired) electrons. The number of anilines is 1. The smallest absolute Gasteiger partial charge is 0.278 e. The number of hydrogen-bond donors (Lipinski definition) is 0. The van der Waals surface area contributed by atoms with E-state index in [1.807, 2.05) is 13.0 Å². The SMILES string of the molecule is Cc1ccc(C)c(N(C(=O)COc2ccc(Cl)cc2C)S(=O)(=O)c2ccccc2)c1.